The second-order valence-corrected chi connectivity index (χ2v) is 11.5. The molecule has 0 spiro atoms. The van der Waals surface area contributed by atoms with E-state index in [4.69, 9.17) is 4.74 Å². The number of allylic oxidation sites excluding steroid dienone is 2. The summed E-state index contributed by atoms with van der Waals surface area (Å²) in [6.45, 7) is 9.56. The molecule has 0 amide bonds. The zero-order valence-electron chi connectivity index (χ0n) is 23.0. The van der Waals surface area contributed by atoms with Gasteiger partial charge in [-0.05, 0) is 92.9 Å². The summed E-state index contributed by atoms with van der Waals surface area (Å²) in [5.74, 6) is 0. The number of fused-ring (bicyclic) bond motifs is 3. The van der Waals surface area contributed by atoms with Crippen molar-refractivity contribution in [3.05, 3.63) is 73.8 Å². The van der Waals surface area contributed by atoms with Crippen LogP contribution in [0.5, 0.6) is 0 Å². The number of ether oxygens (including phenoxy) is 1. The molecule has 1 saturated heterocycles. The van der Waals surface area contributed by atoms with Crippen molar-refractivity contribution < 1.29 is 4.74 Å². The molecule has 39 heavy (non-hydrogen) atoms. The van der Waals surface area contributed by atoms with E-state index in [1.165, 1.54) is 49.6 Å². The molecule has 0 N–H and O–H groups in total. The van der Waals surface area contributed by atoms with Crippen LogP contribution in [0, 0.1) is 0 Å². The van der Waals surface area contributed by atoms with E-state index in [2.05, 4.69) is 64.1 Å². The summed E-state index contributed by atoms with van der Waals surface area (Å²) < 4.78 is 7.09. The van der Waals surface area contributed by atoms with Crippen molar-refractivity contribution in [3.8, 4) is 0 Å². The largest absolute Gasteiger partial charge is 0.378 e. The SMILES string of the molecule is CCN(CC)c1ccc(C=C2CCC(C=Nn3cnc4sc5c(c4c3=O)CCCC5)=C2N2CCOCC2)cc1. The third-order valence-corrected chi connectivity index (χ3v) is 9.36. The monoisotopic (exact) mass is 543 g/mol. The zero-order chi connectivity index (χ0) is 26.8. The molecule has 0 bridgehead atoms. The van der Waals surface area contributed by atoms with Crippen LogP contribution in [0.3, 0.4) is 0 Å². The minimum Gasteiger partial charge on any atom is -0.378 e. The highest BCUT2D eigenvalue weighted by molar-refractivity contribution is 7.18. The van der Waals surface area contributed by atoms with Crippen molar-refractivity contribution in [1.29, 1.82) is 0 Å². The molecule has 0 unspecified atom stereocenters. The maximum absolute atomic E-state index is 13.4. The number of hydrogen-bond donors (Lipinski definition) is 0. The molecular weight excluding hydrogens is 506 g/mol. The van der Waals surface area contributed by atoms with Crippen LogP contribution in [0.25, 0.3) is 16.3 Å². The van der Waals surface area contributed by atoms with E-state index in [0.717, 1.165) is 81.7 Å². The van der Waals surface area contributed by atoms with Gasteiger partial charge in [0.1, 0.15) is 11.2 Å². The number of thiophene rings is 1. The molecular formula is C31H37N5O2S. The Hall–Kier alpha value is -3.23. The first-order chi connectivity index (χ1) is 19.2. The maximum atomic E-state index is 13.4. The van der Waals surface area contributed by atoms with Gasteiger partial charge in [-0.3, -0.25) is 4.79 Å². The molecule has 204 valence electrons. The van der Waals surface area contributed by atoms with Crippen molar-refractivity contribution >= 4 is 39.5 Å². The van der Waals surface area contributed by atoms with Gasteiger partial charge in [0.2, 0.25) is 0 Å². The average Bonchev–Trinajstić information content (AvgIpc) is 3.56. The Morgan fingerprint density at radius 2 is 1.82 bits per heavy atom. The van der Waals surface area contributed by atoms with Crippen LogP contribution in [0.2, 0.25) is 0 Å². The summed E-state index contributed by atoms with van der Waals surface area (Å²) in [6.07, 6.45) is 12.0. The van der Waals surface area contributed by atoms with Gasteiger partial charge >= 0.3 is 0 Å². The second-order valence-electron chi connectivity index (χ2n) is 10.4. The summed E-state index contributed by atoms with van der Waals surface area (Å²) >= 11 is 1.68. The average molecular weight is 544 g/mol. The first-order valence-corrected chi connectivity index (χ1v) is 15.2. The highest BCUT2D eigenvalue weighted by Crippen LogP contribution is 2.36. The molecule has 1 aliphatic heterocycles. The molecule has 0 atom stereocenters. The van der Waals surface area contributed by atoms with Crippen molar-refractivity contribution in [2.45, 2.75) is 52.4 Å². The van der Waals surface area contributed by atoms with Crippen molar-refractivity contribution in [2.75, 3.05) is 44.3 Å². The zero-order valence-corrected chi connectivity index (χ0v) is 23.8. The lowest BCUT2D eigenvalue weighted by Crippen LogP contribution is -2.36. The molecule has 1 aromatic carbocycles. The molecule has 1 fully saturated rings. The Labute approximate surface area is 234 Å². The number of hydrogen-bond acceptors (Lipinski definition) is 7. The number of aromatic nitrogens is 2. The third kappa shape index (κ3) is 5.20. The molecule has 3 heterocycles. The van der Waals surface area contributed by atoms with Gasteiger partial charge in [-0.1, -0.05) is 12.1 Å². The van der Waals surface area contributed by atoms with Gasteiger partial charge in [0.15, 0.2) is 0 Å². The predicted molar refractivity (Wildman–Crippen MR) is 161 cm³/mol. The van der Waals surface area contributed by atoms with E-state index < -0.39 is 0 Å². The molecule has 7 nitrogen and oxygen atoms in total. The highest BCUT2D eigenvalue weighted by Gasteiger charge is 2.26. The van der Waals surface area contributed by atoms with Gasteiger partial charge in [-0.15, -0.1) is 11.3 Å². The number of aryl methyl sites for hydroxylation is 2. The van der Waals surface area contributed by atoms with Gasteiger partial charge in [-0.25, -0.2) is 4.98 Å². The molecule has 6 rings (SSSR count). The maximum Gasteiger partial charge on any atom is 0.282 e. The van der Waals surface area contributed by atoms with E-state index in [1.807, 2.05) is 6.21 Å². The molecule has 8 heteroatoms. The molecule has 0 radical (unpaired) electrons. The van der Waals surface area contributed by atoms with E-state index in [9.17, 15) is 4.79 Å². The first kappa shape index (κ1) is 26.0. The summed E-state index contributed by atoms with van der Waals surface area (Å²) in [4.78, 5) is 25.0. The molecule has 3 aliphatic rings. The van der Waals surface area contributed by atoms with Crippen LogP contribution in [0.1, 0.15) is 55.5 Å². The Kier molecular flexibility index (Phi) is 7.66. The fraction of sp³-hybridized carbons (Fsp3) is 0.452. The number of benzene rings is 1. The highest BCUT2D eigenvalue weighted by atomic mass is 32.1. The Balaban J connectivity index is 1.33. The minimum atomic E-state index is -0.0498. The Morgan fingerprint density at radius 3 is 2.59 bits per heavy atom. The summed E-state index contributed by atoms with van der Waals surface area (Å²) in [5.41, 5.74) is 7.35. The summed E-state index contributed by atoms with van der Waals surface area (Å²) in [7, 11) is 0. The predicted octanol–water partition coefficient (Wildman–Crippen LogP) is 5.48. The van der Waals surface area contributed by atoms with Crippen LogP contribution in [-0.2, 0) is 17.6 Å². The lowest BCUT2D eigenvalue weighted by Gasteiger charge is -2.31. The van der Waals surface area contributed by atoms with Crippen molar-refractivity contribution in [2.24, 2.45) is 5.10 Å². The topological polar surface area (TPSA) is 63.0 Å². The Bertz CT molecular complexity index is 1490. The van der Waals surface area contributed by atoms with Crippen molar-refractivity contribution in [1.82, 2.24) is 14.6 Å². The fourth-order valence-corrected chi connectivity index (χ4v) is 7.31. The van der Waals surface area contributed by atoms with Gasteiger partial charge in [0, 0.05) is 42.4 Å². The quantitative estimate of drug-likeness (QED) is 0.369. The standard InChI is InChI=1S/C31H37N5O2S/c1-3-34(4-2)25-13-9-22(10-14-25)19-23-11-12-24(29(23)35-15-17-38-18-16-35)20-33-36-21-32-30-28(31(36)37)26-7-5-6-8-27(26)39-30/h9-10,13-14,19-21H,3-8,11-12,15-18H2,1-2H3. The fourth-order valence-electron chi connectivity index (χ4n) is 6.09. The first-order valence-electron chi connectivity index (χ1n) is 14.3. The van der Waals surface area contributed by atoms with Crippen LogP contribution in [0.15, 0.2) is 57.3 Å². The van der Waals surface area contributed by atoms with Crippen molar-refractivity contribution in [3.63, 3.8) is 0 Å². The van der Waals surface area contributed by atoms with Crippen LogP contribution >= 0.6 is 11.3 Å². The van der Waals surface area contributed by atoms with Crippen LogP contribution < -0.4 is 10.5 Å². The van der Waals surface area contributed by atoms with E-state index in [0.29, 0.717) is 0 Å². The number of anilines is 1. The molecule has 0 saturated carbocycles. The molecule has 3 aromatic rings. The van der Waals surface area contributed by atoms with Gasteiger partial charge < -0.3 is 14.5 Å². The summed E-state index contributed by atoms with van der Waals surface area (Å²) in [6, 6.07) is 8.86. The number of rotatable bonds is 7. The van der Waals surface area contributed by atoms with Gasteiger partial charge in [-0.2, -0.15) is 9.78 Å². The van der Waals surface area contributed by atoms with Gasteiger partial charge in [0.25, 0.3) is 5.56 Å². The lowest BCUT2D eigenvalue weighted by molar-refractivity contribution is 0.0548. The van der Waals surface area contributed by atoms with E-state index >= 15 is 0 Å². The second kappa shape index (κ2) is 11.5. The van der Waals surface area contributed by atoms with Gasteiger partial charge in [0.05, 0.1) is 24.8 Å². The minimum absolute atomic E-state index is 0.0498. The van der Waals surface area contributed by atoms with Crippen LogP contribution in [-0.4, -0.2) is 60.2 Å². The lowest BCUT2D eigenvalue weighted by atomic mass is 9.97. The third-order valence-electron chi connectivity index (χ3n) is 8.16. The molecule has 2 aromatic heterocycles. The number of nitrogens with zero attached hydrogens (tertiary/aromatic N) is 5. The normalized spacial score (nSPS) is 19.0. The van der Waals surface area contributed by atoms with E-state index in [-0.39, 0.29) is 5.56 Å². The smallest absolute Gasteiger partial charge is 0.282 e. The molecule has 2 aliphatic carbocycles. The summed E-state index contributed by atoms with van der Waals surface area (Å²) in [5, 5.41) is 5.45. The van der Waals surface area contributed by atoms with E-state index in [1.54, 1.807) is 17.7 Å². The van der Waals surface area contributed by atoms with Crippen LogP contribution in [0.4, 0.5) is 5.69 Å². The Morgan fingerprint density at radius 1 is 1.05 bits per heavy atom. The number of morpholine rings is 1.